The van der Waals surface area contributed by atoms with Crippen LogP contribution in [0.15, 0.2) is 36.5 Å². The lowest BCUT2D eigenvalue weighted by Crippen LogP contribution is -2.58. The van der Waals surface area contributed by atoms with E-state index >= 15 is 0 Å². The Balaban J connectivity index is 1.76. The van der Waals surface area contributed by atoms with Gasteiger partial charge in [0.05, 0.1) is 19.6 Å². The van der Waals surface area contributed by atoms with Gasteiger partial charge in [0.25, 0.3) is 5.91 Å². The quantitative estimate of drug-likeness (QED) is 0.801. The molecule has 0 saturated carbocycles. The fourth-order valence-electron chi connectivity index (χ4n) is 3.07. The third-order valence-corrected chi connectivity index (χ3v) is 4.39. The van der Waals surface area contributed by atoms with Crippen LogP contribution >= 0.6 is 0 Å². The zero-order valence-corrected chi connectivity index (χ0v) is 14.9. The fourth-order valence-corrected chi connectivity index (χ4v) is 3.07. The number of hydrogen-bond acceptors (Lipinski definition) is 5. The summed E-state index contributed by atoms with van der Waals surface area (Å²) in [4.78, 5) is 26.0. The van der Waals surface area contributed by atoms with Crippen LogP contribution in [0.3, 0.4) is 0 Å². The van der Waals surface area contributed by atoms with Crippen molar-refractivity contribution in [1.82, 2.24) is 14.7 Å². The third kappa shape index (κ3) is 4.43. The minimum atomic E-state index is -1.08. The molecule has 0 spiro atoms. The number of rotatable bonds is 6. The van der Waals surface area contributed by atoms with Crippen molar-refractivity contribution in [3.05, 3.63) is 48.0 Å². The molecule has 144 valence electrons. The van der Waals surface area contributed by atoms with Crippen LogP contribution in [-0.2, 0) is 16.6 Å². The molecule has 3 rings (SSSR count). The van der Waals surface area contributed by atoms with Crippen LogP contribution in [0, 0.1) is 5.82 Å². The second-order valence-electron chi connectivity index (χ2n) is 6.48. The van der Waals surface area contributed by atoms with Crippen LogP contribution < -0.4 is 10.5 Å². The number of nitrogens with two attached hydrogens (primary N) is 1. The number of benzene rings is 1. The number of amides is 2. The van der Waals surface area contributed by atoms with Crippen LogP contribution in [-0.4, -0.2) is 58.4 Å². The van der Waals surface area contributed by atoms with Crippen molar-refractivity contribution < 1.29 is 23.5 Å². The van der Waals surface area contributed by atoms with E-state index in [2.05, 4.69) is 5.10 Å². The molecule has 0 radical (unpaired) electrons. The number of nitrogens with zero attached hydrogens (tertiary/aromatic N) is 3. The van der Waals surface area contributed by atoms with E-state index in [9.17, 15) is 14.0 Å². The minimum absolute atomic E-state index is 0.00323. The molecule has 1 atom stereocenters. The lowest BCUT2D eigenvalue weighted by atomic mass is 9.97. The van der Waals surface area contributed by atoms with Gasteiger partial charge in [0.15, 0.2) is 0 Å². The van der Waals surface area contributed by atoms with E-state index in [1.165, 1.54) is 28.9 Å². The van der Waals surface area contributed by atoms with Crippen LogP contribution in [0.25, 0.3) is 0 Å². The maximum Gasteiger partial charge on any atom is 0.272 e. The highest BCUT2D eigenvalue weighted by atomic mass is 19.1. The summed E-state index contributed by atoms with van der Waals surface area (Å²) < 4.78 is 26.1. The summed E-state index contributed by atoms with van der Waals surface area (Å²) in [5.74, 6) is -0.725. The summed E-state index contributed by atoms with van der Waals surface area (Å²) in [6.07, 6.45) is 1.44. The van der Waals surface area contributed by atoms with Gasteiger partial charge in [0.2, 0.25) is 5.91 Å². The van der Waals surface area contributed by atoms with Gasteiger partial charge in [0.1, 0.15) is 29.5 Å². The van der Waals surface area contributed by atoms with E-state index in [0.717, 1.165) is 0 Å². The molecule has 2 amide bonds. The number of carbonyl (C=O) groups excluding carboxylic acids is 2. The summed E-state index contributed by atoms with van der Waals surface area (Å²) in [6.45, 7) is 0.753. The van der Waals surface area contributed by atoms with Gasteiger partial charge in [0, 0.05) is 19.8 Å². The number of morpholine rings is 1. The van der Waals surface area contributed by atoms with Crippen molar-refractivity contribution in [3.63, 3.8) is 0 Å². The van der Waals surface area contributed by atoms with Gasteiger partial charge in [-0.25, -0.2) is 4.39 Å². The van der Waals surface area contributed by atoms with Gasteiger partial charge in [-0.15, -0.1) is 0 Å². The smallest absolute Gasteiger partial charge is 0.272 e. The standard InChI is InChI=1S/C18H21FN4O4/c1-22-15(6-7-21-22)17(25)23-8-9-27-18(11-23,10-16(20)24)12-26-14-4-2-13(19)3-5-14/h2-7H,8-12H2,1H3,(H2,20,24)/t18-/m1/s1. The molecule has 1 saturated heterocycles. The van der Waals surface area contributed by atoms with Crippen molar-refractivity contribution >= 4 is 11.8 Å². The van der Waals surface area contributed by atoms with Crippen molar-refractivity contribution in [2.45, 2.75) is 12.0 Å². The maximum absolute atomic E-state index is 13.0. The van der Waals surface area contributed by atoms with Gasteiger partial charge in [-0.1, -0.05) is 0 Å². The lowest BCUT2D eigenvalue weighted by molar-refractivity contribution is -0.142. The number of primary amides is 1. The molecule has 1 aliphatic rings. The van der Waals surface area contributed by atoms with E-state index in [1.54, 1.807) is 24.2 Å². The highest BCUT2D eigenvalue weighted by Gasteiger charge is 2.41. The second-order valence-corrected chi connectivity index (χ2v) is 6.48. The van der Waals surface area contributed by atoms with E-state index < -0.39 is 11.5 Å². The molecule has 0 aliphatic carbocycles. The summed E-state index contributed by atoms with van der Waals surface area (Å²) in [5, 5.41) is 4.01. The van der Waals surface area contributed by atoms with E-state index in [-0.39, 0.29) is 37.9 Å². The Hall–Kier alpha value is -2.94. The number of carbonyl (C=O) groups is 2. The molecular weight excluding hydrogens is 355 g/mol. The van der Waals surface area contributed by atoms with Gasteiger partial charge in [-0.3, -0.25) is 14.3 Å². The minimum Gasteiger partial charge on any atom is -0.490 e. The molecule has 8 nitrogen and oxygen atoms in total. The summed E-state index contributed by atoms with van der Waals surface area (Å²) in [5.41, 5.74) is 4.75. The molecule has 0 unspecified atom stereocenters. The highest BCUT2D eigenvalue weighted by Crippen LogP contribution is 2.25. The van der Waals surface area contributed by atoms with Crippen molar-refractivity contribution in [2.75, 3.05) is 26.3 Å². The normalized spacial score (nSPS) is 19.7. The average molecular weight is 376 g/mol. The largest absolute Gasteiger partial charge is 0.490 e. The van der Waals surface area contributed by atoms with E-state index in [1.807, 2.05) is 0 Å². The molecule has 1 aromatic carbocycles. The van der Waals surface area contributed by atoms with Crippen LogP contribution in [0.1, 0.15) is 16.9 Å². The first-order chi connectivity index (χ1) is 12.9. The number of aromatic nitrogens is 2. The Kier molecular flexibility index (Phi) is 5.41. The van der Waals surface area contributed by atoms with Crippen LogP contribution in [0.5, 0.6) is 5.75 Å². The van der Waals surface area contributed by atoms with Crippen molar-refractivity contribution in [1.29, 1.82) is 0 Å². The van der Waals surface area contributed by atoms with E-state index in [4.69, 9.17) is 15.2 Å². The number of hydrogen-bond donors (Lipinski definition) is 1. The van der Waals surface area contributed by atoms with E-state index in [0.29, 0.717) is 18.0 Å². The Morgan fingerprint density at radius 3 is 2.70 bits per heavy atom. The summed E-state index contributed by atoms with van der Waals surface area (Å²) in [7, 11) is 1.68. The highest BCUT2D eigenvalue weighted by molar-refractivity contribution is 5.92. The van der Waals surface area contributed by atoms with Gasteiger partial charge < -0.3 is 20.1 Å². The number of halogens is 1. The molecule has 27 heavy (non-hydrogen) atoms. The van der Waals surface area contributed by atoms with Crippen molar-refractivity contribution in [2.24, 2.45) is 12.8 Å². The predicted molar refractivity (Wildman–Crippen MR) is 93.5 cm³/mol. The lowest BCUT2D eigenvalue weighted by Gasteiger charge is -2.41. The molecule has 1 fully saturated rings. The third-order valence-electron chi connectivity index (χ3n) is 4.39. The van der Waals surface area contributed by atoms with Gasteiger partial charge in [-0.2, -0.15) is 5.10 Å². The second kappa shape index (κ2) is 7.75. The first kappa shape index (κ1) is 18.8. The Labute approximate surface area is 155 Å². The molecule has 2 aromatic rings. The maximum atomic E-state index is 13.0. The fraction of sp³-hybridized carbons (Fsp3) is 0.389. The molecule has 2 heterocycles. The molecule has 9 heteroatoms. The number of ether oxygens (including phenoxy) is 2. The Morgan fingerprint density at radius 1 is 1.33 bits per heavy atom. The Morgan fingerprint density at radius 2 is 2.07 bits per heavy atom. The van der Waals surface area contributed by atoms with Gasteiger partial charge >= 0.3 is 0 Å². The molecule has 2 N–H and O–H groups in total. The molecule has 1 aliphatic heterocycles. The molecule has 0 bridgehead atoms. The van der Waals surface area contributed by atoms with Crippen molar-refractivity contribution in [3.8, 4) is 5.75 Å². The van der Waals surface area contributed by atoms with Crippen LogP contribution in [0.4, 0.5) is 4.39 Å². The van der Waals surface area contributed by atoms with Crippen LogP contribution in [0.2, 0.25) is 0 Å². The summed E-state index contributed by atoms with van der Waals surface area (Å²) >= 11 is 0. The zero-order valence-electron chi connectivity index (χ0n) is 14.9. The Bertz CT molecular complexity index is 823. The monoisotopic (exact) mass is 376 g/mol. The summed E-state index contributed by atoms with van der Waals surface area (Å²) in [6, 6.07) is 7.14. The van der Waals surface area contributed by atoms with Gasteiger partial charge in [-0.05, 0) is 30.3 Å². The first-order valence-electron chi connectivity index (χ1n) is 8.46. The topological polar surface area (TPSA) is 99.7 Å². The zero-order chi connectivity index (χ0) is 19.4. The molecular formula is C18H21FN4O4. The molecule has 1 aromatic heterocycles. The predicted octanol–water partition coefficient (Wildman–Crippen LogP) is 0.725. The average Bonchev–Trinajstić information content (AvgIpc) is 3.06. The first-order valence-corrected chi connectivity index (χ1v) is 8.46. The number of aryl methyl sites for hydroxylation is 1. The SMILES string of the molecule is Cn1nccc1C(=O)N1CCO[C@](COc2ccc(F)cc2)(CC(N)=O)C1.